The van der Waals surface area contributed by atoms with Crippen LogP contribution in [0.4, 0.5) is 0 Å². The van der Waals surface area contributed by atoms with Gasteiger partial charge in [0, 0.05) is 31.0 Å². The first-order valence-electron chi connectivity index (χ1n) is 14.5. The highest BCUT2D eigenvalue weighted by Gasteiger charge is 2.30. The molecule has 4 aromatic rings. The molecule has 3 aromatic carbocycles. The smallest absolute Gasteiger partial charge is 0.262 e. The van der Waals surface area contributed by atoms with Crippen molar-refractivity contribution in [1.29, 1.82) is 0 Å². The number of carbonyl (C=O) groups excluding carboxylic acids is 2. The van der Waals surface area contributed by atoms with Crippen molar-refractivity contribution in [2.24, 2.45) is 0 Å². The highest BCUT2D eigenvalue weighted by Crippen LogP contribution is 2.30. The number of amides is 2. The maximum Gasteiger partial charge on any atom is 0.262 e. The van der Waals surface area contributed by atoms with E-state index in [4.69, 9.17) is 14.2 Å². The van der Waals surface area contributed by atoms with Crippen molar-refractivity contribution >= 4 is 11.8 Å². The van der Waals surface area contributed by atoms with Gasteiger partial charge in [-0.1, -0.05) is 55.5 Å². The first kappa shape index (κ1) is 31.2. The lowest BCUT2D eigenvalue weighted by Gasteiger charge is -2.32. The zero-order chi connectivity index (χ0) is 30.8. The number of nitrogens with zero attached hydrogens (tertiary/aromatic N) is 3. The van der Waals surface area contributed by atoms with Gasteiger partial charge in [-0.2, -0.15) is 0 Å². The Bertz CT molecular complexity index is 1480. The molecule has 1 aromatic heterocycles. The molecule has 0 saturated carbocycles. The van der Waals surface area contributed by atoms with Crippen LogP contribution in [0.25, 0.3) is 0 Å². The molecule has 4 rings (SSSR count). The molecule has 0 radical (unpaired) electrons. The average Bonchev–Trinajstić information content (AvgIpc) is 3.48. The van der Waals surface area contributed by atoms with Crippen molar-refractivity contribution < 1.29 is 23.8 Å². The second-order valence-corrected chi connectivity index (χ2v) is 10.4. The second kappa shape index (κ2) is 15.0. The van der Waals surface area contributed by atoms with Crippen molar-refractivity contribution in [3.8, 4) is 17.2 Å². The van der Waals surface area contributed by atoms with Gasteiger partial charge in [0.25, 0.3) is 5.91 Å². The Balaban J connectivity index is 1.63. The number of benzene rings is 3. The molecule has 0 fully saturated rings. The predicted octanol–water partition coefficient (Wildman–Crippen LogP) is 6.03. The number of methoxy groups -OCH3 is 3. The largest absolute Gasteiger partial charge is 0.497 e. The molecule has 0 N–H and O–H groups in total. The minimum absolute atomic E-state index is 0.0849. The van der Waals surface area contributed by atoms with Crippen molar-refractivity contribution in [3.63, 3.8) is 0 Å². The van der Waals surface area contributed by atoms with Crippen LogP contribution in [0.5, 0.6) is 17.2 Å². The summed E-state index contributed by atoms with van der Waals surface area (Å²) in [7, 11) is 4.70. The molecule has 43 heavy (non-hydrogen) atoms. The van der Waals surface area contributed by atoms with E-state index in [9.17, 15) is 9.59 Å². The van der Waals surface area contributed by atoms with E-state index in [1.165, 1.54) is 14.2 Å². The lowest BCUT2D eigenvalue weighted by Crippen LogP contribution is -2.46. The molecular formula is C35H41N3O5. The molecule has 2 amide bonds. The first-order valence-corrected chi connectivity index (χ1v) is 14.5. The summed E-state index contributed by atoms with van der Waals surface area (Å²) in [5, 5.41) is 0. The van der Waals surface area contributed by atoms with E-state index in [2.05, 4.69) is 10.6 Å². The quantitative estimate of drug-likeness (QED) is 0.181. The first-order chi connectivity index (χ1) is 20.9. The number of hydrogen-bond acceptors (Lipinski definition) is 5. The molecule has 8 heteroatoms. The zero-order valence-corrected chi connectivity index (χ0v) is 25.7. The van der Waals surface area contributed by atoms with Gasteiger partial charge in [0.15, 0.2) is 0 Å². The van der Waals surface area contributed by atoms with E-state index in [0.717, 1.165) is 22.6 Å². The molecule has 0 saturated heterocycles. The highest BCUT2D eigenvalue weighted by atomic mass is 16.5. The molecule has 226 valence electrons. The molecule has 0 spiro atoms. The van der Waals surface area contributed by atoms with E-state index < -0.39 is 0 Å². The lowest BCUT2D eigenvalue weighted by atomic mass is 10.1. The summed E-state index contributed by atoms with van der Waals surface area (Å²) in [5.74, 6) is 1.15. The summed E-state index contributed by atoms with van der Waals surface area (Å²) in [5.41, 5.74) is 3.40. The van der Waals surface area contributed by atoms with Crippen molar-refractivity contribution in [3.05, 3.63) is 114 Å². The Morgan fingerprint density at radius 1 is 0.791 bits per heavy atom. The van der Waals surface area contributed by atoms with Crippen LogP contribution in [0.15, 0.2) is 91.1 Å². The summed E-state index contributed by atoms with van der Waals surface area (Å²) in [6, 6.07) is 26.9. The maximum atomic E-state index is 14.1. The summed E-state index contributed by atoms with van der Waals surface area (Å²) < 4.78 is 18.6. The minimum atomic E-state index is -0.307. The zero-order valence-electron chi connectivity index (χ0n) is 25.7. The van der Waals surface area contributed by atoms with Gasteiger partial charge in [-0.15, -0.1) is 0 Å². The third kappa shape index (κ3) is 7.77. The fourth-order valence-electron chi connectivity index (χ4n) is 5.05. The normalized spacial score (nSPS) is 11.5. The highest BCUT2D eigenvalue weighted by molar-refractivity contribution is 6.01. The molecule has 1 atom stereocenters. The Kier molecular flexibility index (Phi) is 10.9. The van der Waals surface area contributed by atoms with Gasteiger partial charge in [0.2, 0.25) is 5.91 Å². The standard InChI is InChI=1S/C35H41N3O5/c1-6-26(2)38(35(40)34-31(42-4)18-11-19-32(34)43-5)25-33(39)37(22-27-13-8-7-9-14-27)24-29-16-12-20-36(29)23-28-15-10-17-30(21-28)41-3/h7-21,26H,6,22-25H2,1-5H3. The Morgan fingerprint density at radius 2 is 1.47 bits per heavy atom. The topological polar surface area (TPSA) is 73.2 Å². The minimum Gasteiger partial charge on any atom is -0.497 e. The number of aromatic nitrogens is 1. The van der Waals surface area contributed by atoms with Crippen LogP contribution < -0.4 is 14.2 Å². The summed E-state index contributed by atoms with van der Waals surface area (Å²) >= 11 is 0. The fraction of sp³-hybridized carbons (Fsp3) is 0.314. The monoisotopic (exact) mass is 583 g/mol. The molecule has 0 aliphatic rings. The van der Waals surface area contributed by atoms with Gasteiger partial charge in [-0.25, -0.2) is 0 Å². The van der Waals surface area contributed by atoms with Crippen molar-refractivity contribution in [1.82, 2.24) is 14.4 Å². The Hall–Kier alpha value is -4.72. The van der Waals surface area contributed by atoms with E-state index in [0.29, 0.717) is 43.1 Å². The van der Waals surface area contributed by atoms with Crippen LogP contribution in [-0.2, 0) is 24.4 Å². The van der Waals surface area contributed by atoms with Crippen LogP contribution in [-0.4, -0.2) is 60.1 Å². The summed E-state index contributed by atoms with van der Waals surface area (Å²) in [4.78, 5) is 31.6. The summed E-state index contributed by atoms with van der Waals surface area (Å²) in [6.07, 6.45) is 2.70. The van der Waals surface area contributed by atoms with E-state index in [1.54, 1.807) is 30.2 Å². The summed E-state index contributed by atoms with van der Waals surface area (Å²) in [6.45, 7) is 5.29. The number of ether oxygens (including phenoxy) is 3. The van der Waals surface area contributed by atoms with Crippen LogP contribution in [0.2, 0.25) is 0 Å². The molecule has 0 aliphatic heterocycles. The fourth-order valence-corrected chi connectivity index (χ4v) is 5.05. The third-order valence-electron chi connectivity index (χ3n) is 7.66. The Labute approximate surface area is 254 Å². The molecule has 1 unspecified atom stereocenters. The van der Waals surface area contributed by atoms with Crippen LogP contribution >= 0.6 is 0 Å². The van der Waals surface area contributed by atoms with Crippen LogP contribution in [0, 0.1) is 0 Å². The number of rotatable bonds is 14. The molecule has 0 aliphatic carbocycles. The third-order valence-corrected chi connectivity index (χ3v) is 7.66. The van der Waals surface area contributed by atoms with Crippen LogP contribution in [0.3, 0.4) is 0 Å². The molecular weight excluding hydrogens is 542 g/mol. The van der Waals surface area contributed by atoms with Gasteiger partial charge in [-0.05, 0) is 60.9 Å². The van der Waals surface area contributed by atoms with E-state index in [-0.39, 0.29) is 24.4 Å². The van der Waals surface area contributed by atoms with Gasteiger partial charge < -0.3 is 28.6 Å². The lowest BCUT2D eigenvalue weighted by molar-refractivity contribution is -0.133. The molecule has 8 nitrogen and oxygen atoms in total. The van der Waals surface area contributed by atoms with Crippen molar-refractivity contribution in [2.75, 3.05) is 27.9 Å². The predicted molar refractivity (Wildman–Crippen MR) is 168 cm³/mol. The maximum absolute atomic E-state index is 14.1. The number of hydrogen-bond donors (Lipinski definition) is 0. The van der Waals surface area contributed by atoms with E-state index >= 15 is 0 Å². The van der Waals surface area contributed by atoms with E-state index in [1.807, 2.05) is 85.6 Å². The average molecular weight is 584 g/mol. The molecule has 1 heterocycles. The van der Waals surface area contributed by atoms with Gasteiger partial charge in [-0.3, -0.25) is 9.59 Å². The SMILES string of the molecule is CCC(C)N(CC(=O)N(Cc1ccccc1)Cc1cccn1Cc1cccc(OC)c1)C(=O)c1c(OC)cccc1OC. The number of carbonyl (C=O) groups is 2. The molecule has 0 bridgehead atoms. The Morgan fingerprint density at radius 3 is 2.12 bits per heavy atom. The second-order valence-electron chi connectivity index (χ2n) is 10.4. The van der Waals surface area contributed by atoms with Gasteiger partial charge in [0.05, 0.1) is 27.9 Å². The van der Waals surface area contributed by atoms with Crippen LogP contribution in [0.1, 0.15) is 47.4 Å². The van der Waals surface area contributed by atoms with Crippen molar-refractivity contribution in [2.45, 2.75) is 45.9 Å². The van der Waals surface area contributed by atoms with Gasteiger partial charge >= 0.3 is 0 Å². The van der Waals surface area contributed by atoms with Gasteiger partial charge in [0.1, 0.15) is 29.4 Å².